The molecule has 0 aliphatic heterocycles. The summed E-state index contributed by atoms with van der Waals surface area (Å²) in [6.45, 7) is 2.07. The van der Waals surface area contributed by atoms with Crippen LogP contribution in [0.1, 0.15) is 12.6 Å². The van der Waals surface area contributed by atoms with Crippen LogP contribution in [0.2, 0.25) is 0 Å². The molecule has 0 fully saturated rings. The first-order chi connectivity index (χ1) is 6.70. The standard InChI is InChI=1S/C8H11N5S/c1-3-5-4-6(13(2)12-5)7-10-11-8(9)14-7/h4H,3H2,1-2H3,(H2,9,11). The summed E-state index contributed by atoms with van der Waals surface area (Å²) in [5, 5.41) is 13.4. The van der Waals surface area contributed by atoms with E-state index in [0.717, 1.165) is 22.8 Å². The number of rotatable bonds is 2. The average molecular weight is 209 g/mol. The number of hydrogen-bond donors (Lipinski definition) is 1. The second kappa shape index (κ2) is 3.38. The van der Waals surface area contributed by atoms with Crippen molar-refractivity contribution in [1.82, 2.24) is 20.0 Å². The monoisotopic (exact) mass is 209 g/mol. The summed E-state index contributed by atoms with van der Waals surface area (Å²) in [4.78, 5) is 0. The lowest BCUT2D eigenvalue weighted by atomic mass is 10.3. The van der Waals surface area contributed by atoms with E-state index in [0.29, 0.717) is 5.13 Å². The fourth-order valence-corrected chi connectivity index (χ4v) is 1.89. The third-order valence-corrected chi connectivity index (χ3v) is 2.73. The Kier molecular flexibility index (Phi) is 2.20. The molecule has 74 valence electrons. The van der Waals surface area contributed by atoms with E-state index in [4.69, 9.17) is 5.73 Å². The number of aryl methyl sites for hydroxylation is 2. The maximum absolute atomic E-state index is 5.52. The molecule has 2 aromatic rings. The molecular weight excluding hydrogens is 198 g/mol. The van der Waals surface area contributed by atoms with Gasteiger partial charge < -0.3 is 5.73 Å². The van der Waals surface area contributed by atoms with E-state index < -0.39 is 0 Å². The van der Waals surface area contributed by atoms with Crippen molar-refractivity contribution in [3.63, 3.8) is 0 Å². The Morgan fingerprint density at radius 3 is 2.79 bits per heavy atom. The fourth-order valence-electron chi connectivity index (χ4n) is 1.24. The summed E-state index contributed by atoms with van der Waals surface area (Å²) >= 11 is 1.37. The number of nitrogen functional groups attached to an aromatic ring is 1. The van der Waals surface area contributed by atoms with Crippen molar-refractivity contribution in [2.75, 3.05) is 5.73 Å². The minimum Gasteiger partial charge on any atom is -0.374 e. The first-order valence-electron chi connectivity index (χ1n) is 4.33. The zero-order valence-electron chi connectivity index (χ0n) is 8.06. The molecule has 0 radical (unpaired) electrons. The Bertz CT molecular complexity index is 444. The van der Waals surface area contributed by atoms with Gasteiger partial charge in [-0.1, -0.05) is 18.3 Å². The van der Waals surface area contributed by atoms with Crippen LogP contribution in [0.15, 0.2) is 6.07 Å². The molecule has 0 aromatic carbocycles. The van der Waals surface area contributed by atoms with Crippen molar-refractivity contribution in [2.24, 2.45) is 7.05 Å². The summed E-state index contributed by atoms with van der Waals surface area (Å²) in [5.74, 6) is 0. The van der Waals surface area contributed by atoms with E-state index in [1.54, 1.807) is 4.68 Å². The molecule has 2 rings (SSSR count). The topological polar surface area (TPSA) is 69.6 Å². The Balaban J connectivity index is 2.45. The lowest BCUT2D eigenvalue weighted by Gasteiger charge is -1.93. The van der Waals surface area contributed by atoms with Crippen LogP contribution < -0.4 is 5.73 Å². The molecule has 0 bridgehead atoms. The van der Waals surface area contributed by atoms with E-state index in [1.165, 1.54) is 11.3 Å². The van der Waals surface area contributed by atoms with Crippen molar-refractivity contribution in [3.8, 4) is 10.7 Å². The van der Waals surface area contributed by atoms with Gasteiger partial charge in [-0.05, 0) is 12.5 Å². The molecule has 2 N–H and O–H groups in total. The Hall–Kier alpha value is -1.43. The molecular formula is C8H11N5S. The number of hydrogen-bond acceptors (Lipinski definition) is 5. The number of anilines is 1. The van der Waals surface area contributed by atoms with Gasteiger partial charge in [-0.15, -0.1) is 10.2 Å². The third-order valence-electron chi connectivity index (χ3n) is 1.95. The lowest BCUT2D eigenvalue weighted by Crippen LogP contribution is -1.93. The first-order valence-corrected chi connectivity index (χ1v) is 5.14. The van der Waals surface area contributed by atoms with E-state index in [1.807, 2.05) is 13.1 Å². The molecule has 2 heterocycles. The maximum Gasteiger partial charge on any atom is 0.203 e. The largest absolute Gasteiger partial charge is 0.374 e. The third kappa shape index (κ3) is 1.48. The van der Waals surface area contributed by atoms with Gasteiger partial charge in [0.25, 0.3) is 0 Å². The minimum absolute atomic E-state index is 0.485. The van der Waals surface area contributed by atoms with Gasteiger partial charge in [-0.2, -0.15) is 5.10 Å². The van der Waals surface area contributed by atoms with E-state index >= 15 is 0 Å². The quantitative estimate of drug-likeness (QED) is 0.803. The molecule has 0 saturated carbocycles. The molecule has 0 unspecified atom stereocenters. The van der Waals surface area contributed by atoms with Gasteiger partial charge in [0.15, 0.2) is 5.01 Å². The molecule has 0 saturated heterocycles. The normalized spacial score (nSPS) is 10.7. The SMILES string of the molecule is CCc1cc(-c2nnc(N)s2)n(C)n1. The van der Waals surface area contributed by atoms with Gasteiger partial charge in [0.1, 0.15) is 0 Å². The summed E-state index contributed by atoms with van der Waals surface area (Å²) in [5.41, 5.74) is 7.54. The second-order valence-electron chi connectivity index (χ2n) is 2.94. The number of nitrogens with zero attached hydrogens (tertiary/aromatic N) is 4. The highest BCUT2D eigenvalue weighted by Crippen LogP contribution is 2.24. The first kappa shape index (κ1) is 9.14. The molecule has 0 aliphatic rings. The molecule has 0 spiro atoms. The Morgan fingerprint density at radius 1 is 1.50 bits per heavy atom. The highest BCUT2D eigenvalue weighted by Gasteiger charge is 2.10. The van der Waals surface area contributed by atoms with Crippen LogP contribution in [0.25, 0.3) is 10.7 Å². The minimum atomic E-state index is 0.485. The van der Waals surface area contributed by atoms with Gasteiger partial charge in [-0.25, -0.2) is 0 Å². The fraction of sp³-hybridized carbons (Fsp3) is 0.375. The smallest absolute Gasteiger partial charge is 0.203 e. The summed E-state index contributed by atoms with van der Waals surface area (Å²) in [6.07, 6.45) is 0.919. The maximum atomic E-state index is 5.52. The molecule has 2 aromatic heterocycles. The van der Waals surface area contributed by atoms with Gasteiger partial charge in [0, 0.05) is 7.05 Å². The molecule has 0 amide bonds. The van der Waals surface area contributed by atoms with Crippen molar-refractivity contribution in [2.45, 2.75) is 13.3 Å². The summed E-state index contributed by atoms with van der Waals surface area (Å²) in [7, 11) is 1.89. The van der Waals surface area contributed by atoms with Crippen LogP contribution in [-0.4, -0.2) is 20.0 Å². The predicted octanol–water partition coefficient (Wildman–Crippen LogP) is 1.08. The van der Waals surface area contributed by atoms with E-state index in [-0.39, 0.29) is 0 Å². The van der Waals surface area contributed by atoms with Crippen LogP contribution in [0.4, 0.5) is 5.13 Å². The van der Waals surface area contributed by atoms with Crippen LogP contribution in [0.5, 0.6) is 0 Å². The average Bonchev–Trinajstić information content (AvgIpc) is 2.71. The number of nitrogens with two attached hydrogens (primary N) is 1. The van der Waals surface area contributed by atoms with E-state index in [2.05, 4.69) is 22.2 Å². The van der Waals surface area contributed by atoms with Crippen molar-refractivity contribution >= 4 is 16.5 Å². The lowest BCUT2D eigenvalue weighted by molar-refractivity contribution is 0.751. The zero-order valence-corrected chi connectivity index (χ0v) is 8.88. The van der Waals surface area contributed by atoms with Crippen molar-refractivity contribution < 1.29 is 0 Å². The Labute approximate surface area is 85.6 Å². The van der Waals surface area contributed by atoms with Crippen LogP contribution in [0, 0.1) is 0 Å². The van der Waals surface area contributed by atoms with Gasteiger partial charge in [0.05, 0.1) is 11.4 Å². The zero-order chi connectivity index (χ0) is 10.1. The van der Waals surface area contributed by atoms with E-state index in [9.17, 15) is 0 Å². The van der Waals surface area contributed by atoms with Gasteiger partial charge in [-0.3, -0.25) is 4.68 Å². The molecule has 14 heavy (non-hydrogen) atoms. The molecule has 6 heteroatoms. The van der Waals surface area contributed by atoms with Crippen LogP contribution in [-0.2, 0) is 13.5 Å². The van der Waals surface area contributed by atoms with Gasteiger partial charge >= 0.3 is 0 Å². The Morgan fingerprint density at radius 2 is 2.29 bits per heavy atom. The van der Waals surface area contributed by atoms with Crippen LogP contribution >= 0.6 is 11.3 Å². The van der Waals surface area contributed by atoms with Crippen molar-refractivity contribution in [3.05, 3.63) is 11.8 Å². The molecule has 0 atom stereocenters. The number of aromatic nitrogens is 4. The summed E-state index contributed by atoms with van der Waals surface area (Å²) < 4.78 is 1.80. The van der Waals surface area contributed by atoms with Crippen molar-refractivity contribution in [1.29, 1.82) is 0 Å². The molecule has 5 nitrogen and oxygen atoms in total. The second-order valence-corrected chi connectivity index (χ2v) is 3.95. The molecule has 0 aliphatic carbocycles. The van der Waals surface area contributed by atoms with Crippen LogP contribution in [0.3, 0.4) is 0 Å². The highest BCUT2D eigenvalue weighted by atomic mass is 32.1. The summed E-state index contributed by atoms with van der Waals surface area (Å²) in [6, 6.07) is 2.01. The predicted molar refractivity (Wildman–Crippen MR) is 55.9 cm³/mol. The van der Waals surface area contributed by atoms with Gasteiger partial charge in [0.2, 0.25) is 5.13 Å². The highest BCUT2D eigenvalue weighted by molar-refractivity contribution is 7.18.